The van der Waals surface area contributed by atoms with Crippen molar-refractivity contribution in [3.63, 3.8) is 0 Å². The Morgan fingerprint density at radius 1 is 1.08 bits per heavy atom. The number of hydrogen-bond donors (Lipinski definition) is 0. The van der Waals surface area contributed by atoms with Gasteiger partial charge in [-0.15, -0.1) is 0 Å². The summed E-state index contributed by atoms with van der Waals surface area (Å²) in [5.74, 6) is 0. The fourth-order valence-electron chi connectivity index (χ4n) is 1.12. The Balaban J connectivity index is 2.43. The van der Waals surface area contributed by atoms with Crippen molar-refractivity contribution < 1.29 is 8.98 Å². The molecule has 2 nitrogen and oxygen atoms in total. The first-order valence-corrected chi connectivity index (χ1v) is 3.84. The summed E-state index contributed by atoms with van der Waals surface area (Å²) in [5.41, 5.74) is 2.30. The molecule has 0 bridgehead atoms. The lowest BCUT2D eigenvalue weighted by molar-refractivity contribution is -0.671. The molecule has 12 heavy (non-hydrogen) atoms. The van der Waals surface area contributed by atoms with Crippen molar-refractivity contribution in [2.24, 2.45) is 7.05 Å². The molecule has 0 aromatic carbocycles. The molecule has 0 saturated heterocycles. The molecule has 0 saturated carbocycles. The van der Waals surface area contributed by atoms with E-state index in [0.29, 0.717) is 0 Å². The number of hydrogen-bond acceptors (Lipinski definition) is 1. The van der Waals surface area contributed by atoms with Crippen LogP contribution in [0.4, 0.5) is 0 Å². The van der Waals surface area contributed by atoms with Crippen LogP contribution in [-0.4, -0.2) is 0 Å². The minimum Gasteiger partial charge on any atom is -0.472 e. The monoisotopic (exact) mass is 160 g/mol. The zero-order valence-electron chi connectivity index (χ0n) is 6.90. The fourth-order valence-corrected chi connectivity index (χ4v) is 1.12. The van der Waals surface area contributed by atoms with Crippen molar-refractivity contribution in [2.75, 3.05) is 0 Å². The van der Waals surface area contributed by atoms with E-state index < -0.39 is 0 Å². The molecule has 2 heteroatoms. The standard InChI is InChI=1S/C10H10NO/c1-11-5-2-9(3-6-11)10-4-7-12-8-10/h2-8H,1H3/q+1. The molecule has 0 unspecified atom stereocenters. The Hall–Kier alpha value is -1.57. The molecule has 0 N–H and O–H groups in total. The lowest BCUT2D eigenvalue weighted by Crippen LogP contribution is -2.25. The molecular weight excluding hydrogens is 150 g/mol. The van der Waals surface area contributed by atoms with Gasteiger partial charge in [-0.3, -0.25) is 0 Å². The zero-order chi connectivity index (χ0) is 8.39. The average Bonchev–Trinajstić information content (AvgIpc) is 2.58. The van der Waals surface area contributed by atoms with Gasteiger partial charge in [-0.1, -0.05) is 0 Å². The minimum atomic E-state index is 1.12. The lowest BCUT2D eigenvalue weighted by Gasteiger charge is -1.92. The van der Waals surface area contributed by atoms with Crippen LogP contribution >= 0.6 is 0 Å². The molecule has 0 amide bonds. The SMILES string of the molecule is C[n+]1ccc(-c2ccoc2)cc1. The number of rotatable bonds is 1. The molecule has 0 aliphatic heterocycles. The van der Waals surface area contributed by atoms with Crippen molar-refractivity contribution in [3.8, 4) is 11.1 Å². The molecule has 0 spiro atoms. The Morgan fingerprint density at radius 3 is 2.42 bits per heavy atom. The summed E-state index contributed by atoms with van der Waals surface area (Å²) in [4.78, 5) is 0. The average molecular weight is 160 g/mol. The molecule has 2 heterocycles. The summed E-state index contributed by atoms with van der Waals surface area (Å²) < 4.78 is 7.00. The van der Waals surface area contributed by atoms with E-state index in [-0.39, 0.29) is 0 Å². The highest BCUT2D eigenvalue weighted by Crippen LogP contribution is 2.17. The fraction of sp³-hybridized carbons (Fsp3) is 0.100. The smallest absolute Gasteiger partial charge is 0.169 e. The molecule has 0 aliphatic carbocycles. The summed E-state index contributed by atoms with van der Waals surface area (Å²) >= 11 is 0. The predicted molar refractivity (Wildman–Crippen MR) is 45.3 cm³/mol. The highest BCUT2D eigenvalue weighted by atomic mass is 16.3. The first kappa shape index (κ1) is 7.10. The summed E-state index contributed by atoms with van der Waals surface area (Å²) in [6.07, 6.45) is 7.46. The zero-order valence-corrected chi connectivity index (χ0v) is 6.90. The van der Waals surface area contributed by atoms with Crippen molar-refractivity contribution in [3.05, 3.63) is 43.1 Å². The van der Waals surface area contributed by atoms with E-state index in [1.165, 1.54) is 5.56 Å². The van der Waals surface area contributed by atoms with Crippen LogP contribution in [0.15, 0.2) is 47.5 Å². The van der Waals surface area contributed by atoms with Gasteiger partial charge in [0.2, 0.25) is 0 Å². The van der Waals surface area contributed by atoms with Crippen LogP contribution in [0, 0.1) is 0 Å². The quantitative estimate of drug-likeness (QED) is 0.581. The van der Waals surface area contributed by atoms with E-state index in [2.05, 4.69) is 12.1 Å². The van der Waals surface area contributed by atoms with Crippen LogP contribution in [-0.2, 0) is 7.05 Å². The van der Waals surface area contributed by atoms with Gasteiger partial charge in [0.25, 0.3) is 0 Å². The van der Waals surface area contributed by atoms with Crippen molar-refractivity contribution in [1.82, 2.24) is 0 Å². The summed E-state index contributed by atoms with van der Waals surface area (Å²) in [6.45, 7) is 0. The molecule has 0 fully saturated rings. The third-order valence-corrected chi connectivity index (χ3v) is 1.83. The molecule has 0 aliphatic rings. The van der Waals surface area contributed by atoms with E-state index in [1.807, 2.05) is 30.1 Å². The topological polar surface area (TPSA) is 17.0 Å². The summed E-state index contributed by atoms with van der Waals surface area (Å²) in [5, 5.41) is 0. The van der Waals surface area contributed by atoms with Gasteiger partial charge < -0.3 is 4.42 Å². The van der Waals surface area contributed by atoms with Crippen LogP contribution in [0.25, 0.3) is 11.1 Å². The predicted octanol–water partition coefficient (Wildman–Crippen LogP) is 1.77. The van der Waals surface area contributed by atoms with Gasteiger partial charge in [0.1, 0.15) is 7.05 Å². The first-order chi connectivity index (χ1) is 5.86. The summed E-state index contributed by atoms with van der Waals surface area (Å²) in [7, 11) is 2.00. The number of aryl methyl sites for hydroxylation is 1. The molecule has 2 aromatic rings. The summed E-state index contributed by atoms with van der Waals surface area (Å²) in [6, 6.07) is 6.07. The highest BCUT2D eigenvalue weighted by Gasteiger charge is 1.99. The van der Waals surface area contributed by atoms with E-state index in [9.17, 15) is 0 Å². The van der Waals surface area contributed by atoms with Gasteiger partial charge >= 0.3 is 0 Å². The molecule has 60 valence electrons. The van der Waals surface area contributed by atoms with Crippen LogP contribution in [0.3, 0.4) is 0 Å². The van der Waals surface area contributed by atoms with Crippen molar-refractivity contribution >= 4 is 0 Å². The second-order valence-corrected chi connectivity index (χ2v) is 2.76. The Kier molecular flexibility index (Phi) is 1.67. The van der Waals surface area contributed by atoms with Gasteiger partial charge in [-0.25, -0.2) is 4.57 Å². The number of pyridine rings is 1. The Morgan fingerprint density at radius 2 is 1.83 bits per heavy atom. The maximum absolute atomic E-state index is 4.99. The largest absolute Gasteiger partial charge is 0.472 e. The van der Waals surface area contributed by atoms with E-state index >= 15 is 0 Å². The maximum Gasteiger partial charge on any atom is 0.169 e. The van der Waals surface area contributed by atoms with E-state index in [4.69, 9.17) is 4.42 Å². The number of furan rings is 1. The van der Waals surface area contributed by atoms with Crippen LogP contribution < -0.4 is 4.57 Å². The van der Waals surface area contributed by atoms with Gasteiger partial charge in [0, 0.05) is 17.7 Å². The third kappa shape index (κ3) is 1.23. The Bertz CT molecular complexity index is 348. The first-order valence-electron chi connectivity index (χ1n) is 3.84. The van der Waals surface area contributed by atoms with Gasteiger partial charge in [0.05, 0.1) is 12.5 Å². The van der Waals surface area contributed by atoms with Crippen LogP contribution in [0.1, 0.15) is 0 Å². The normalized spacial score (nSPS) is 10.1. The molecule has 0 radical (unpaired) electrons. The second kappa shape index (κ2) is 2.81. The maximum atomic E-state index is 4.99. The van der Waals surface area contributed by atoms with Gasteiger partial charge in [-0.2, -0.15) is 0 Å². The molecule has 2 aromatic heterocycles. The van der Waals surface area contributed by atoms with E-state index in [1.54, 1.807) is 12.5 Å². The molecule has 0 atom stereocenters. The van der Waals surface area contributed by atoms with Crippen molar-refractivity contribution in [2.45, 2.75) is 0 Å². The minimum absolute atomic E-state index is 1.12. The Labute approximate surface area is 71.1 Å². The highest BCUT2D eigenvalue weighted by molar-refractivity contribution is 5.60. The second-order valence-electron chi connectivity index (χ2n) is 2.76. The van der Waals surface area contributed by atoms with E-state index in [0.717, 1.165) is 5.56 Å². The van der Waals surface area contributed by atoms with Crippen LogP contribution in [0.5, 0.6) is 0 Å². The van der Waals surface area contributed by atoms with Gasteiger partial charge in [0.15, 0.2) is 12.4 Å². The van der Waals surface area contributed by atoms with Crippen molar-refractivity contribution in [1.29, 1.82) is 0 Å². The number of nitrogens with zero attached hydrogens (tertiary/aromatic N) is 1. The third-order valence-electron chi connectivity index (χ3n) is 1.83. The van der Waals surface area contributed by atoms with Gasteiger partial charge in [-0.05, 0) is 11.6 Å². The lowest BCUT2D eigenvalue weighted by atomic mass is 10.1. The molecule has 2 rings (SSSR count). The molecular formula is C10H10NO+. The number of aromatic nitrogens is 1. The van der Waals surface area contributed by atoms with Crippen LogP contribution in [0.2, 0.25) is 0 Å².